The summed E-state index contributed by atoms with van der Waals surface area (Å²) in [7, 11) is 0. The van der Waals surface area contributed by atoms with Gasteiger partial charge in [0.1, 0.15) is 0 Å². The number of rotatable bonds is 3. The molecule has 1 aromatic rings. The number of Topliss-reactive ketones (excluding diaryl/α,β-unsaturated/α-hetero) is 1. The van der Waals surface area contributed by atoms with Crippen LogP contribution in [0, 0.1) is 5.92 Å². The molecule has 1 amide bonds. The van der Waals surface area contributed by atoms with Gasteiger partial charge in [-0.3, -0.25) is 14.4 Å². The summed E-state index contributed by atoms with van der Waals surface area (Å²) in [6.07, 6.45) is -4.35. The van der Waals surface area contributed by atoms with Crippen LogP contribution in [0.15, 0.2) is 12.1 Å². The molecule has 0 unspecified atom stereocenters. The molecule has 22 heavy (non-hydrogen) atoms. The third-order valence-electron chi connectivity index (χ3n) is 3.43. The number of thiophene rings is 1. The van der Waals surface area contributed by atoms with Crippen LogP contribution in [0.1, 0.15) is 32.2 Å². The maximum Gasteiger partial charge on any atom is 0.455 e. The highest BCUT2D eigenvalue weighted by molar-refractivity contribution is 7.16. The Kier molecular flexibility index (Phi) is 4.55. The monoisotopic (exact) mass is 335 g/mol. The molecule has 1 N–H and O–H groups in total. The number of carboxylic acid groups (broad SMARTS) is 1. The minimum atomic E-state index is -4.97. The summed E-state index contributed by atoms with van der Waals surface area (Å²) in [4.78, 5) is 35.0. The number of ketones is 1. The Morgan fingerprint density at radius 3 is 2.18 bits per heavy atom. The van der Waals surface area contributed by atoms with Gasteiger partial charge in [0.25, 0.3) is 11.7 Å². The standard InChI is InChI=1S/C13H12F3NO4S/c14-13(15,16)10(18)8-1-2-9(22-8)11(19)17-5-3-7(4-6-17)12(20)21/h1-2,7H,3-6H2,(H,20,21). The lowest BCUT2D eigenvalue weighted by Gasteiger charge is -2.29. The highest BCUT2D eigenvalue weighted by atomic mass is 32.1. The predicted molar refractivity (Wildman–Crippen MR) is 71.0 cm³/mol. The third kappa shape index (κ3) is 3.46. The van der Waals surface area contributed by atoms with Crippen LogP contribution in [0.25, 0.3) is 0 Å². The van der Waals surface area contributed by atoms with Gasteiger partial charge in [0.05, 0.1) is 15.7 Å². The smallest absolute Gasteiger partial charge is 0.455 e. The first-order valence-electron chi connectivity index (χ1n) is 6.43. The van der Waals surface area contributed by atoms with Gasteiger partial charge in [-0.25, -0.2) is 0 Å². The van der Waals surface area contributed by atoms with Gasteiger partial charge < -0.3 is 10.0 Å². The molecule has 1 aliphatic heterocycles. The normalized spacial score (nSPS) is 16.6. The molecule has 0 aliphatic carbocycles. The van der Waals surface area contributed by atoms with Crippen LogP contribution in [0.2, 0.25) is 0 Å². The van der Waals surface area contributed by atoms with E-state index in [9.17, 15) is 27.6 Å². The number of hydrogen-bond acceptors (Lipinski definition) is 4. The minimum Gasteiger partial charge on any atom is -0.481 e. The van der Waals surface area contributed by atoms with Crippen LogP contribution in [0.3, 0.4) is 0 Å². The molecular formula is C13H12F3NO4S. The van der Waals surface area contributed by atoms with Crippen LogP contribution in [-0.4, -0.2) is 46.9 Å². The number of alkyl halides is 3. The van der Waals surface area contributed by atoms with E-state index in [1.165, 1.54) is 11.0 Å². The van der Waals surface area contributed by atoms with Gasteiger partial charge in [-0.05, 0) is 25.0 Å². The molecule has 0 atom stereocenters. The van der Waals surface area contributed by atoms with Gasteiger partial charge in [0.2, 0.25) is 0 Å². The quantitative estimate of drug-likeness (QED) is 0.861. The van der Waals surface area contributed by atoms with Crippen molar-refractivity contribution in [1.82, 2.24) is 4.90 Å². The average molecular weight is 335 g/mol. The molecule has 2 heterocycles. The lowest BCUT2D eigenvalue weighted by molar-refractivity contribution is -0.143. The number of halogens is 3. The lowest BCUT2D eigenvalue weighted by atomic mass is 9.97. The summed E-state index contributed by atoms with van der Waals surface area (Å²) >= 11 is 0.500. The second-order valence-electron chi connectivity index (χ2n) is 4.90. The summed E-state index contributed by atoms with van der Waals surface area (Å²) in [6.45, 7) is 0.465. The molecule has 2 rings (SSSR count). The molecule has 1 saturated heterocycles. The van der Waals surface area contributed by atoms with Gasteiger partial charge in [-0.1, -0.05) is 0 Å². The molecule has 1 aromatic heterocycles. The fourth-order valence-corrected chi connectivity index (χ4v) is 3.13. The SMILES string of the molecule is O=C(O)C1CCN(C(=O)c2ccc(C(=O)C(F)(F)F)s2)CC1. The van der Waals surface area contributed by atoms with Crippen LogP contribution in [-0.2, 0) is 4.79 Å². The fourth-order valence-electron chi connectivity index (χ4n) is 2.20. The number of hydrogen-bond donors (Lipinski definition) is 1. The second kappa shape index (κ2) is 6.07. The molecule has 1 aliphatic rings. The van der Waals surface area contributed by atoms with Crippen LogP contribution < -0.4 is 0 Å². The van der Waals surface area contributed by atoms with Crippen molar-refractivity contribution in [3.05, 3.63) is 21.9 Å². The summed E-state index contributed by atoms with van der Waals surface area (Å²) in [5, 5.41) is 8.88. The average Bonchev–Trinajstić information content (AvgIpc) is 2.94. The number of piperidine rings is 1. The first-order valence-corrected chi connectivity index (χ1v) is 7.25. The Labute approximate surface area is 127 Å². The molecule has 1 fully saturated rings. The van der Waals surface area contributed by atoms with Crippen molar-refractivity contribution >= 4 is 29.0 Å². The van der Waals surface area contributed by atoms with E-state index >= 15 is 0 Å². The van der Waals surface area contributed by atoms with E-state index < -0.39 is 34.6 Å². The Hall–Kier alpha value is -1.90. The minimum absolute atomic E-state index is 0.0429. The summed E-state index contributed by atoms with van der Waals surface area (Å²) in [6, 6.07) is 2.17. The van der Waals surface area contributed by atoms with Crippen molar-refractivity contribution in [2.24, 2.45) is 5.92 Å². The van der Waals surface area contributed by atoms with Crippen molar-refractivity contribution in [2.75, 3.05) is 13.1 Å². The number of carboxylic acids is 1. The summed E-state index contributed by atoms with van der Waals surface area (Å²) < 4.78 is 37.0. The molecule has 0 saturated carbocycles. The van der Waals surface area contributed by atoms with Crippen LogP contribution in [0.5, 0.6) is 0 Å². The zero-order valence-corrected chi connectivity index (χ0v) is 12.0. The molecule has 0 spiro atoms. The van der Waals surface area contributed by atoms with Crippen molar-refractivity contribution < 1.29 is 32.7 Å². The molecule has 120 valence electrons. The molecule has 9 heteroatoms. The Morgan fingerprint density at radius 2 is 1.68 bits per heavy atom. The Balaban J connectivity index is 2.04. The highest BCUT2D eigenvalue weighted by Gasteiger charge is 2.40. The molecule has 5 nitrogen and oxygen atoms in total. The van der Waals surface area contributed by atoms with E-state index in [1.54, 1.807) is 0 Å². The van der Waals surface area contributed by atoms with Crippen molar-refractivity contribution in [3.8, 4) is 0 Å². The number of nitrogens with zero attached hydrogens (tertiary/aromatic N) is 1. The van der Waals surface area contributed by atoms with Gasteiger partial charge in [0.15, 0.2) is 0 Å². The van der Waals surface area contributed by atoms with E-state index in [0.29, 0.717) is 24.2 Å². The largest absolute Gasteiger partial charge is 0.481 e. The zero-order chi connectivity index (χ0) is 16.5. The molecule has 0 aromatic carbocycles. The topological polar surface area (TPSA) is 74.7 Å². The van der Waals surface area contributed by atoms with Crippen molar-refractivity contribution in [2.45, 2.75) is 19.0 Å². The molecular weight excluding hydrogens is 323 g/mol. The Bertz CT molecular complexity index is 603. The Morgan fingerprint density at radius 1 is 1.14 bits per heavy atom. The third-order valence-corrected chi connectivity index (χ3v) is 4.50. The van der Waals surface area contributed by atoms with Gasteiger partial charge in [0, 0.05) is 13.1 Å². The summed E-state index contributed by atoms with van der Waals surface area (Å²) in [5.41, 5.74) is 0. The summed E-state index contributed by atoms with van der Waals surface area (Å²) in [5.74, 6) is -3.87. The fraction of sp³-hybridized carbons (Fsp3) is 0.462. The molecule has 0 bridgehead atoms. The van der Waals surface area contributed by atoms with E-state index in [2.05, 4.69) is 0 Å². The number of aliphatic carboxylic acids is 1. The van der Waals surface area contributed by atoms with E-state index in [1.807, 2.05) is 0 Å². The van der Waals surface area contributed by atoms with Crippen LogP contribution in [0.4, 0.5) is 13.2 Å². The van der Waals surface area contributed by atoms with Crippen molar-refractivity contribution in [3.63, 3.8) is 0 Å². The first kappa shape index (κ1) is 16.5. The second-order valence-corrected chi connectivity index (χ2v) is 5.98. The first-order chi connectivity index (χ1) is 10.2. The van der Waals surface area contributed by atoms with Crippen molar-refractivity contribution in [1.29, 1.82) is 0 Å². The number of likely N-dealkylation sites (tertiary alicyclic amines) is 1. The van der Waals surface area contributed by atoms with Gasteiger partial charge in [-0.2, -0.15) is 13.2 Å². The van der Waals surface area contributed by atoms with Crippen LogP contribution >= 0.6 is 11.3 Å². The lowest BCUT2D eigenvalue weighted by Crippen LogP contribution is -2.39. The highest BCUT2D eigenvalue weighted by Crippen LogP contribution is 2.28. The maximum atomic E-state index is 12.3. The molecule has 0 radical (unpaired) electrons. The van der Waals surface area contributed by atoms with Gasteiger partial charge in [-0.15, -0.1) is 11.3 Å². The van der Waals surface area contributed by atoms with Gasteiger partial charge >= 0.3 is 12.1 Å². The number of amides is 1. The maximum absolute atomic E-state index is 12.3. The van der Waals surface area contributed by atoms with E-state index in [4.69, 9.17) is 5.11 Å². The predicted octanol–water partition coefficient (Wildman–Crippen LogP) is 2.43. The number of carbonyl (C=O) groups is 3. The van der Waals surface area contributed by atoms with E-state index in [0.717, 1.165) is 6.07 Å². The number of carbonyl (C=O) groups excluding carboxylic acids is 2. The van der Waals surface area contributed by atoms with E-state index in [-0.39, 0.29) is 18.0 Å². The zero-order valence-electron chi connectivity index (χ0n) is 11.2.